The van der Waals surface area contributed by atoms with Crippen molar-refractivity contribution in [2.75, 3.05) is 0 Å². The van der Waals surface area contributed by atoms with Crippen LogP contribution in [0.25, 0.3) is 22.4 Å². The minimum Gasteiger partial charge on any atom is -0.334 e. The summed E-state index contributed by atoms with van der Waals surface area (Å²) in [5.74, 6) is 0.605. The highest BCUT2D eigenvalue weighted by molar-refractivity contribution is 5.80. The van der Waals surface area contributed by atoms with E-state index in [4.69, 9.17) is 0 Å². The normalized spacial score (nSPS) is 19.5. The average Bonchev–Trinajstić information content (AvgIpc) is 2.71. The maximum atomic E-state index is 12.4. The van der Waals surface area contributed by atoms with Crippen molar-refractivity contribution in [3.05, 3.63) is 76.5 Å². The van der Waals surface area contributed by atoms with Crippen LogP contribution in [-0.4, -0.2) is 9.55 Å². The van der Waals surface area contributed by atoms with Crippen molar-refractivity contribution in [1.29, 1.82) is 0 Å². The molecule has 30 heavy (non-hydrogen) atoms. The van der Waals surface area contributed by atoms with Gasteiger partial charge >= 0.3 is 0 Å². The lowest BCUT2D eigenvalue weighted by Crippen LogP contribution is -2.29. The highest BCUT2D eigenvalue weighted by atomic mass is 16.1. The third-order valence-corrected chi connectivity index (χ3v) is 6.88. The van der Waals surface area contributed by atoms with E-state index >= 15 is 0 Å². The minimum atomic E-state index is -0.0225. The first-order chi connectivity index (χ1) is 14.4. The molecule has 3 heteroatoms. The molecule has 1 aromatic rings. The second-order valence-corrected chi connectivity index (χ2v) is 9.48. The molecular formula is C27H32N2O. The number of fused-ring (bicyclic) bond motifs is 2. The number of hydrogen-bond donors (Lipinski definition) is 0. The minimum absolute atomic E-state index is 0.0225. The van der Waals surface area contributed by atoms with Crippen molar-refractivity contribution in [1.82, 2.24) is 9.55 Å². The van der Waals surface area contributed by atoms with Crippen LogP contribution in [-0.2, 0) is 6.54 Å². The van der Waals surface area contributed by atoms with Crippen LogP contribution in [0.1, 0.15) is 52.9 Å². The molecule has 1 heterocycles. The van der Waals surface area contributed by atoms with Crippen LogP contribution in [0.2, 0.25) is 0 Å². The number of hydrogen-bond acceptors (Lipinski definition) is 2. The Kier molecular flexibility index (Phi) is 5.64. The molecule has 1 aromatic carbocycles. The Balaban J connectivity index is 1.59. The van der Waals surface area contributed by atoms with Crippen molar-refractivity contribution in [2.45, 2.75) is 59.4 Å². The monoisotopic (exact) mass is 400 g/mol. The maximum absolute atomic E-state index is 12.4. The zero-order chi connectivity index (χ0) is 21.3. The number of benzene rings is 2. The van der Waals surface area contributed by atoms with E-state index in [9.17, 15) is 4.79 Å². The van der Waals surface area contributed by atoms with Gasteiger partial charge in [-0.15, -0.1) is 0 Å². The molecule has 3 nitrogen and oxygen atoms in total. The van der Waals surface area contributed by atoms with Crippen molar-refractivity contribution in [2.24, 2.45) is 11.3 Å². The number of allylic oxidation sites excluding steroid dienone is 3. The Labute approximate surface area is 179 Å². The lowest BCUT2D eigenvalue weighted by Gasteiger charge is -2.40. The van der Waals surface area contributed by atoms with Gasteiger partial charge < -0.3 is 4.57 Å². The molecule has 0 unspecified atom stereocenters. The molecule has 1 atom stereocenters. The fourth-order valence-electron chi connectivity index (χ4n) is 5.06. The smallest absolute Gasteiger partial charge is 0.206 e. The van der Waals surface area contributed by atoms with E-state index in [0.29, 0.717) is 17.0 Å². The number of para-hydroxylation sites is 3. The van der Waals surface area contributed by atoms with E-state index in [1.165, 1.54) is 36.8 Å². The van der Waals surface area contributed by atoms with Crippen LogP contribution in [0, 0.1) is 11.3 Å². The first-order valence-corrected chi connectivity index (χ1v) is 11.1. The first kappa shape index (κ1) is 20.6. The van der Waals surface area contributed by atoms with Crippen molar-refractivity contribution in [3.8, 4) is 11.4 Å². The van der Waals surface area contributed by atoms with Crippen LogP contribution in [0.5, 0.6) is 0 Å². The lowest BCUT2D eigenvalue weighted by molar-refractivity contribution is 0.180. The van der Waals surface area contributed by atoms with Crippen LogP contribution in [0.4, 0.5) is 0 Å². The predicted octanol–water partition coefficient (Wildman–Crippen LogP) is 6.61. The summed E-state index contributed by atoms with van der Waals surface area (Å²) in [6, 6.07) is 13.5. The summed E-state index contributed by atoms with van der Waals surface area (Å²) < 4.78 is 2.21. The molecule has 2 aliphatic carbocycles. The van der Waals surface area contributed by atoms with Gasteiger partial charge in [0.1, 0.15) is 5.69 Å². The molecule has 0 spiro atoms. The molecule has 3 aliphatic rings. The quantitative estimate of drug-likeness (QED) is 0.357. The zero-order valence-corrected chi connectivity index (χ0v) is 18.4. The fraction of sp³-hybridized carbons (Fsp3) is 0.407. The van der Waals surface area contributed by atoms with E-state index in [1.807, 2.05) is 30.3 Å². The molecule has 1 saturated carbocycles. The van der Waals surface area contributed by atoms with Crippen LogP contribution in [0.15, 0.2) is 71.1 Å². The summed E-state index contributed by atoms with van der Waals surface area (Å²) in [7, 11) is 0. The Morgan fingerprint density at radius 3 is 2.83 bits per heavy atom. The highest BCUT2D eigenvalue weighted by Crippen LogP contribution is 2.45. The number of rotatable bonds is 5. The molecule has 1 aliphatic heterocycles. The third kappa shape index (κ3) is 3.98. The second-order valence-electron chi connectivity index (χ2n) is 9.48. The summed E-state index contributed by atoms with van der Waals surface area (Å²) in [6.45, 7) is 12.1. The standard InChI is InChI=1S/C27H32N2O/c1-19(14-15-21-20(2)9-8-17-27(21,3)4)16-18-29-23-11-6-5-10-22(23)28-26-24(29)12-7-13-25(26)30/h5-7,10-13,16,21H,2,8-9,14-15,17-18H2,1,3-4H3/b19-16-/t21-/m1/s1. The van der Waals surface area contributed by atoms with Gasteiger partial charge in [-0.1, -0.05) is 55.8 Å². The van der Waals surface area contributed by atoms with E-state index in [1.54, 1.807) is 6.07 Å². The Bertz CT molecular complexity index is 1140. The summed E-state index contributed by atoms with van der Waals surface area (Å²) in [6.07, 6.45) is 8.31. The van der Waals surface area contributed by atoms with E-state index in [2.05, 4.69) is 49.0 Å². The van der Waals surface area contributed by atoms with Gasteiger partial charge in [-0.2, -0.15) is 0 Å². The topological polar surface area (TPSA) is 34.9 Å². The largest absolute Gasteiger partial charge is 0.334 e. The molecule has 0 saturated heterocycles. The molecule has 1 fully saturated rings. The van der Waals surface area contributed by atoms with Crippen LogP contribution in [0.3, 0.4) is 0 Å². The number of nitrogens with zero attached hydrogens (tertiary/aromatic N) is 2. The zero-order valence-electron chi connectivity index (χ0n) is 18.4. The summed E-state index contributed by atoms with van der Waals surface area (Å²) >= 11 is 0. The molecule has 156 valence electrons. The summed E-state index contributed by atoms with van der Waals surface area (Å²) in [5, 5.41) is 0. The third-order valence-electron chi connectivity index (χ3n) is 6.88. The Hall–Kier alpha value is -2.68. The molecule has 0 bridgehead atoms. The molecule has 0 amide bonds. The first-order valence-electron chi connectivity index (χ1n) is 11.1. The number of aromatic nitrogens is 2. The van der Waals surface area contributed by atoms with Gasteiger partial charge in [0.15, 0.2) is 0 Å². The molecule has 0 aromatic heterocycles. The van der Waals surface area contributed by atoms with Gasteiger partial charge in [-0.05, 0) is 74.6 Å². The molecular weight excluding hydrogens is 368 g/mol. The predicted molar refractivity (Wildman–Crippen MR) is 126 cm³/mol. The van der Waals surface area contributed by atoms with Gasteiger partial charge in [-0.25, -0.2) is 4.98 Å². The van der Waals surface area contributed by atoms with Gasteiger partial charge in [0.05, 0.1) is 16.7 Å². The van der Waals surface area contributed by atoms with Crippen molar-refractivity contribution < 1.29 is 0 Å². The fourth-order valence-corrected chi connectivity index (χ4v) is 5.06. The Morgan fingerprint density at radius 1 is 1.23 bits per heavy atom. The van der Waals surface area contributed by atoms with Gasteiger partial charge in [0, 0.05) is 6.54 Å². The van der Waals surface area contributed by atoms with E-state index in [-0.39, 0.29) is 5.43 Å². The van der Waals surface area contributed by atoms with Gasteiger partial charge in [-0.3, -0.25) is 4.79 Å². The summed E-state index contributed by atoms with van der Waals surface area (Å²) in [4.78, 5) is 17.0. The van der Waals surface area contributed by atoms with Crippen LogP contribution < -0.4 is 5.43 Å². The molecule has 0 radical (unpaired) electrons. The van der Waals surface area contributed by atoms with Gasteiger partial charge in [0.25, 0.3) is 0 Å². The summed E-state index contributed by atoms with van der Waals surface area (Å²) in [5.41, 5.74) is 6.51. The molecule has 4 rings (SSSR count). The SMILES string of the molecule is C=C1CCCC(C)(C)[C@@H]1CC/C(C)=C\Cn1c2cccc(=O)c-2nc2ccccc21. The van der Waals surface area contributed by atoms with Gasteiger partial charge in [0.2, 0.25) is 5.43 Å². The highest BCUT2D eigenvalue weighted by Gasteiger charge is 2.33. The van der Waals surface area contributed by atoms with Crippen molar-refractivity contribution >= 4 is 11.0 Å². The molecule has 0 N–H and O–H groups in total. The van der Waals surface area contributed by atoms with E-state index in [0.717, 1.165) is 29.7 Å². The Morgan fingerprint density at radius 2 is 2.03 bits per heavy atom. The van der Waals surface area contributed by atoms with Crippen LogP contribution >= 0.6 is 0 Å². The van der Waals surface area contributed by atoms with Crippen molar-refractivity contribution in [3.63, 3.8) is 0 Å². The second kappa shape index (κ2) is 8.22. The average molecular weight is 401 g/mol. The van der Waals surface area contributed by atoms with E-state index < -0.39 is 0 Å². The maximum Gasteiger partial charge on any atom is 0.206 e. The lowest BCUT2D eigenvalue weighted by atomic mass is 9.65.